The van der Waals surface area contributed by atoms with Crippen LogP contribution in [0.3, 0.4) is 0 Å². The fourth-order valence-corrected chi connectivity index (χ4v) is 2.00. The number of rotatable bonds is 4. The first-order chi connectivity index (χ1) is 9.22. The van der Waals surface area contributed by atoms with Crippen molar-refractivity contribution in [2.75, 3.05) is 13.2 Å². The van der Waals surface area contributed by atoms with Gasteiger partial charge in [-0.05, 0) is 12.1 Å². The van der Waals surface area contributed by atoms with E-state index < -0.39 is 17.4 Å². The van der Waals surface area contributed by atoms with Crippen molar-refractivity contribution in [3.05, 3.63) is 30.3 Å². The Morgan fingerprint density at radius 2 is 2.21 bits per heavy atom. The predicted molar refractivity (Wildman–Crippen MR) is 67.1 cm³/mol. The van der Waals surface area contributed by atoms with Gasteiger partial charge in [0.05, 0.1) is 6.54 Å². The van der Waals surface area contributed by atoms with Crippen LogP contribution in [0.1, 0.15) is 0 Å². The van der Waals surface area contributed by atoms with Crippen molar-refractivity contribution in [3.8, 4) is 11.2 Å². The molecule has 1 aromatic carbocycles. The summed E-state index contributed by atoms with van der Waals surface area (Å²) in [6, 6.07) is 8.63. The number of imide groups is 1. The number of nitrogens with zero attached hydrogens (tertiary/aromatic N) is 2. The van der Waals surface area contributed by atoms with Gasteiger partial charge in [-0.3, -0.25) is 4.79 Å². The third-order valence-electron chi connectivity index (χ3n) is 2.37. The number of amides is 2. The molecule has 1 fully saturated rings. The van der Waals surface area contributed by atoms with E-state index in [1.807, 2.05) is 0 Å². The van der Waals surface area contributed by atoms with Gasteiger partial charge in [0.15, 0.2) is 0 Å². The van der Waals surface area contributed by atoms with E-state index in [4.69, 9.17) is 10.00 Å². The second-order valence-corrected chi connectivity index (χ2v) is 4.42. The number of thiocyanates is 1. The van der Waals surface area contributed by atoms with Crippen LogP contribution in [0.5, 0.6) is 5.75 Å². The van der Waals surface area contributed by atoms with Crippen molar-refractivity contribution in [1.82, 2.24) is 4.90 Å². The standard InChI is InChI=1S/C12H10N2O4S/c13-8-19-11(18-9-4-2-1-3-5-9)10(15)14-6-7-17-12(14)16/h1-5,11H,6-7H2. The average molecular weight is 278 g/mol. The van der Waals surface area contributed by atoms with Crippen molar-refractivity contribution < 1.29 is 19.1 Å². The van der Waals surface area contributed by atoms with Gasteiger partial charge < -0.3 is 9.47 Å². The van der Waals surface area contributed by atoms with Crippen LogP contribution < -0.4 is 4.74 Å². The lowest BCUT2D eigenvalue weighted by molar-refractivity contribution is -0.131. The maximum atomic E-state index is 12.1. The van der Waals surface area contributed by atoms with Gasteiger partial charge in [-0.2, -0.15) is 5.26 Å². The minimum Gasteiger partial charge on any atom is -0.469 e. The number of hydrogen-bond acceptors (Lipinski definition) is 6. The summed E-state index contributed by atoms with van der Waals surface area (Å²) in [6.45, 7) is 0.345. The predicted octanol–water partition coefficient (Wildman–Crippen LogP) is 1.58. The van der Waals surface area contributed by atoms with Crippen LogP contribution in [0.15, 0.2) is 30.3 Å². The summed E-state index contributed by atoms with van der Waals surface area (Å²) in [5, 5.41) is 10.5. The Kier molecular flexibility index (Phi) is 4.26. The lowest BCUT2D eigenvalue weighted by atomic mass is 10.3. The molecule has 0 bridgehead atoms. The van der Waals surface area contributed by atoms with E-state index in [0.29, 0.717) is 17.5 Å². The molecule has 1 aromatic rings. The lowest BCUT2D eigenvalue weighted by Crippen LogP contribution is -2.40. The molecule has 2 amide bonds. The smallest absolute Gasteiger partial charge is 0.416 e. The molecule has 0 spiro atoms. The van der Waals surface area contributed by atoms with E-state index in [0.717, 1.165) is 4.90 Å². The number of cyclic esters (lactones) is 1. The second kappa shape index (κ2) is 6.11. The molecule has 1 saturated heterocycles. The van der Waals surface area contributed by atoms with Gasteiger partial charge in [0.2, 0.25) is 5.44 Å². The zero-order valence-electron chi connectivity index (χ0n) is 9.81. The monoisotopic (exact) mass is 278 g/mol. The minimum absolute atomic E-state index is 0.167. The molecule has 0 radical (unpaired) electrons. The van der Waals surface area contributed by atoms with Crippen LogP contribution in [0, 0.1) is 10.7 Å². The van der Waals surface area contributed by atoms with Crippen LogP contribution in [0.2, 0.25) is 0 Å². The van der Waals surface area contributed by atoms with E-state index in [1.54, 1.807) is 35.7 Å². The molecule has 1 atom stereocenters. The number of hydrogen-bond donors (Lipinski definition) is 0. The molecule has 1 unspecified atom stereocenters. The van der Waals surface area contributed by atoms with E-state index in [-0.39, 0.29) is 13.2 Å². The first-order valence-corrected chi connectivity index (χ1v) is 6.35. The number of thioether (sulfide) groups is 1. The van der Waals surface area contributed by atoms with Gasteiger partial charge in [0.1, 0.15) is 17.8 Å². The van der Waals surface area contributed by atoms with E-state index in [1.165, 1.54) is 0 Å². The third-order valence-corrected chi connectivity index (χ3v) is 2.99. The van der Waals surface area contributed by atoms with Gasteiger partial charge in [-0.1, -0.05) is 18.2 Å². The molecule has 7 heteroatoms. The topological polar surface area (TPSA) is 79.6 Å². The van der Waals surface area contributed by atoms with Gasteiger partial charge in [0.25, 0.3) is 5.91 Å². The Bertz CT molecular complexity index is 514. The Hall–Kier alpha value is -2.20. The highest BCUT2D eigenvalue weighted by Gasteiger charge is 2.35. The summed E-state index contributed by atoms with van der Waals surface area (Å²) in [7, 11) is 0. The number of ether oxygens (including phenoxy) is 2. The Morgan fingerprint density at radius 1 is 1.47 bits per heavy atom. The van der Waals surface area contributed by atoms with Gasteiger partial charge in [-0.15, -0.1) is 0 Å². The molecule has 98 valence electrons. The number of carbonyl (C=O) groups excluding carboxylic acids is 2. The lowest BCUT2D eigenvalue weighted by Gasteiger charge is -2.18. The molecule has 2 rings (SSSR count). The normalized spacial score (nSPS) is 15.5. The van der Waals surface area contributed by atoms with E-state index in [9.17, 15) is 9.59 Å². The summed E-state index contributed by atoms with van der Waals surface area (Å²) in [5.41, 5.74) is -1.09. The minimum atomic E-state index is -1.09. The highest BCUT2D eigenvalue weighted by molar-refractivity contribution is 8.04. The Labute approximate surface area is 113 Å². The molecule has 19 heavy (non-hydrogen) atoms. The van der Waals surface area contributed by atoms with E-state index in [2.05, 4.69) is 4.74 Å². The maximum absolute atomic E-state index is 12.1. The first-order valence-electron chi connectivity index (χ1n) is 5.47. The quantitative estimate of drug-likeness (QED) is 0.614. The highest BCUT2D eigenvalue weighted by atomic mass is 32.2. The van der Waals surface area contributed by atoms with Crippen LogP contribution in [-0.2, 0) is 9.53 Å². The van der Waals surface area contributed by atoms with E-state index >= 15 is 0 Å². The molecule has 0 saturated carbocycles. The molecule has 6 nitrogen and oxygen atoms in total. The van der Waals surface area contributed by atoms with Crippen LogP contribution >= 0.6 is 11.8 Å². The molecule has 1 aliphatic rings. The van der Waals surface area contributed by atoms with Crippen molar-refractivity contribution in [1.29, 1.82) is 5.26 Å². The molecule has 1 aliphatic heterocycles. The third kappa shape index (κ3) is 3.17. The fraction of sp³-hybridized carbons (Fsp3) is 0.250. The largest absolute Gasteiger partial charge is 0.469 e. The molecule has 0 aromatic heterocycles. The summed E-state index contributed by atoms with van der Waals surface area (Å²) >= 11 is 0.653. The van der Waals surface area contributed by atoms with Crippen LogP contribution in [0.4, 0.5) is 4.79 Å². The van der Waals surface area contributed by atoms with Gasteiger partial charge in [0, 0.05) is 11.8 Å². The Morgan fingerprint density at radius 3 is 2.79 bits per heavy atom. The highest BCUT2D eigenvalue weighted by Crippen LogP contribution is 2.20. The summed E-state index contributed by atoms with van der Waals surface area (Å²) < 4.78 is 10.1. The number of carbonyl (C=O) groups is 2. The van der Waals surface area contributed by atoms with Crippen LogP contribution in [-0.4, -0.2) is 35.5 Å². The molecular weight excluding hydrogens is 268 g/mol. The molecule has 0 N–H and O–H groups in total. The van der Waals surface area contributed by atoms with Crippen molar-refractivity contribution in [2.45, 2.75) is 5.44 Å². The average Bonchev–Trinajstić information content (AvgIpc) is 2.85. The van der Waals surface area contributed by atoms with Crippen LogP contribution in [0.25, 0.3) is 0 Å². The van der Waals surface area contributed by atoms with Crippen molar-refractivity contribution >= 4 is 23.8 Å². The number of para-hydroxylation sites is 1. The summed E-state index contributed by atoms with van der Waals surface area (Å²) in [6.07, 6.45) is -0.704. The molecule has 0 aliphatic carbocycles. The summed E-state index contributed by atoms with van der Waals surface area (Å²) in [4.78, 5) is 24.3. The molecular formula is C12H10N2O4S. The number of nitriles is 1. The SMILES string of the molecule is N#CSC(Oc1ccccc1)C(=O)N1CCOC1=O. The fourth-order valence-electron chi connectivity index (χ4n) is 1.52. The van der Waals surface area contributed by atoms with Crippen molar-refractivity contribution in [3.63, 3.8) is 0 Å². The zero-order chi connectivity index (χ0) is 13.7. The maximum Gasteiger partial charge on any atom is 0.416 e. The number of benzene rings is 1. The summed E-state index contributed by atoms with van der Waals surface area (Å²) in [5.74, 6) is -0.130. The zero-order valence-corrected chi connectivity index (χ0v) is 10.6. The first kappa shape index (κ1) is 13.2. The van der Waals surface area contributed by atoms with Gasteiger partial charge >= 0.3 is 6.09 Å². The van der Waals surface area contributed by atoms with Crippen molar-refractivity contribution in [2.24, 2.45) is 0 Å². The second-order valence-electron chi connectivity index (χ2n) is 3.58. The Balaban J connectivity index is 2.09. The molecule has 1 heterocycles. The van der Waals surface area contributed by atoms with Gasteiger partial charge in [-0.25, -0.2) is 9.69 Å².